The Kier molecular flexibility index (Phi) is 37.2. The van der Waals surface area contributed by atoms with Gasteiger partial charge in [0.25, 0.3) is 0 Å². The number of aryl methyl sites for hydroxylation is 8. The number of rotatable bonds is 7. The van der Waals surface area contributed by atoms with Gasteiger partial charge in [0, 0.05) is 229 Å². The summed E-state index contributed by atoms with van der Waals surface area (Å²) in [5, 5.41) is 15.4. The first-order chi connectivity index (χ1) is 48.2. The van der Waals surface area contributed by atoms with Crippen molar-refractivity contribution in [2.24, 2.45) is 4.99 Å². The Labute approximate surface area is 651 Å². The number of phenolic OH excluding ortho intramolecular Hbond substituents is 1. The summed E-state index contributed by atoms with van der Waals surface area (Å²) in [6.07, 6.45) is 6.44. The third-order valence-corrected chi connectivity index (χ3v) is 13.1. The predicted octanol–water partition coefficient (Wildman–Crippen LogP) is 16.8. The maximum atomic E-state index is 13.5. The zero-order valence-corrected chi connectivity index (χ0v) is 66.0. The Bertz CT molecular complexity index is 4290. The van der Waals surface area contributed by atoms with Crippen molar-refractivity contribution in [1.29, 1.82) is 0 Å². The summed E-state index contributed by atoms with van der Waals surface area (Å²) in [6, 6.07) is 46.4. The molecule has 1 N–H and O–H groups in total. The van der Waals surface area contributed by atoms with Gasteiger partial charge in [0.05, 0.1) is 28.5 Å². The summed E-state index contributed by atoms with van der Waals surface area (Å²) in [5.74, 6) is -6.43. The van der Waals surface area contributed by atoms with Crippen molar-refractivity contribution in [3.05, 3.63) is 304 Å². The number of hydrogen-bond donors (Lipinski definition) is 1. The molecule has 0 saturated heterocycles. The van der Waals surface area contributed by atoms with E-state index in [2.05, 4.69) is 100 Å². The fourth-order valence-electron chi connectivity index (χ4n) is 8.65. The van der Waals surface area contributed by atoms with E-state index in [-0.39, 0.29) is 120 Å². The van der Waals surface area contributed by atoms with Crippen LogP contribution in [0.25, 0.3) is 67.8 Å². The van der Waals surface area contributed by atoms with Crippen LogP contribution in [0.5, 0.6) is 5.75 Å². The third-order valence-electron chi connectivity index (χ3n) is 13.1. The normalized spacial score (nSPS) is 10.2. The van der Waals surface area contributed by atoms with Gasteiger partial charge in [0.2, 0.25) is 0 Å². The smallest absolute Gasteiger partial charge is 0.429 e. The van der Waals surface area contributed by atoms with Crippen LogP contribution in [0.2, 0.25) is 0 Å². The molecule has 4 radical (unpaired) electrons. The van der Waals surface area contributed by atoms with Crippen molar-refractivity contribution in [2.75, 3.05) is 7.05 Å². The van der Waals surface area contributed by atoms with E-state index in [0.29, 0.717) is 45.6 Å². The molecule has 13 rings (SSSR count). The zero-order chi connectivity index (χ0) is 73.3. The number of aromatic nitrogens is 13. The van der Waals surface area contributed by atoms with Crippen LogP contribution in [-0.4, -0.2) is 78.3 Å². The fraction of sp³-hybridized carbons (Fsp3) is 0.133. The van der Waals surface area contributed by atoms with Crippen molar-refractivity contribution < 1.29 is 134 Å². The Morgan fingerprint density at radius 1 is 0.419 bits per heavy atom. The topological polar surface area (TPSA) is 201 Å². The minimum absolute atomic E-state index is 0. The molecule has 105 heavy (non-hydrogen) atoms. The van der Waals surface area contributed by atoms with Crippen molar-refractivity contribution >= 4 is 6.21 Å². The largest absolute Gasteiger partial charge is 0.507 e. The Morgan fingerprint density at radius 2 is 0.762 bits per heavy atom. The second kappa shape index (κ2) is 43.6. The summed E-state index contributed by atoms with van der Waals surface area (Å²) in [4.78, 5) is 48.1. The van der Waals surface area contributed by atoms with Gasteiger partial charge in [-0.25, -0.2) is 0 Å². The Hall–Kier alpha value is -9.62. The van der Waals surface area contributed by atoms with Gasteiger partial charge in [0.1, 0.15) is 11.6 Å². The molecule has 0 amide bonds. The molecular formula is C75H57F11Ir4N14O-6. The van der Waals surface area contributed by atoms with Gasteiger partial charge in [-0.3, -0.25) is 70.1 Å². The van der Waals surface area contributed by atoms with E-state index in [1.165, 1.54) is 12.3 Å². The third kappa shape index (κ3) is 27.4. The number of alkyl halides is 3. The van der Waals surface area contributed by atoms with Gasteiger partial charge in [-0.15, -0.1) is 84.4 Å². The second-order valence-corrected chi connectivity index (χ2v) is 21.1. The molecule has 7 aromatic heterocycles. The number of nitrogens with zero attached hydrogens (tertiary/aromatic N) is 14. The standard InChI is InChI=1S/4C12H9F2N2.C11H8N.C8H4F3N4.C8H9NO.4Ir/c4*1-7-6-15-12(8(2)16-7)10-4-3-9(13)5-11(10)14;1-2-6-10(7-3-1)11-8-4-5-9-12-11;9-8(10,11)7-13-6(14-15-7)5-3-1-2-4-12-5;1-9-6-7-4-2-3-5-8(7)10;;;;/h4*3,5-6H,1-2H3;1-6,8-9H;1-4H;2-6,10H,1H3;;;;/q6*-1;;;;;. The van der Waals surface area contributed by atoms with Crippen LogP contribution >= 0.6 is 0 Å². The predicted molar refractivity (Wildman–Crippen MR) is 356 cm³/mol. The number of para-hydroxylation sites is 1. The van der Waals surface area contributed by atoms with Gasteiger partial charge in [-0.2, -0.15) is 13.2 Å². The van der Waals surface area contributed by atoms with Gasteiger partial charge >= 0.3 is 6.18 Å². The summed E-state index contributed by atoms with van der Waals surface area (Å²) in [6.45, 7) is 14.1. The van der Waals surface area contributed by atoms with E-state index < -0.39 is 58.5 Å². The molecular weight excluding hydrogens is 2090 g/mol. The van der Waals surface area contributed by atoms with E-state index in [1.807, 2.05) is 54.6 Å². The van der Waals surface area contributed by atoms with Crippen molar-refractivity contribution in [2.45, 2.75) is 61.6 Å². The first kappa shape index (κ1) is 89.6. The molecule has 13 aromatic rings. The van der Waals surface area contributed by atoms with E-state index in [9.17, 15) is 48.3 Å². The molecule has 0 aliphatic heterocycles. The van der Waals surface area contributed by atoms with Crippen LogP contribution in [0.1, 0.15) is 56.9 Å². The second-order valence-electron chi connectivity index (χ2n) is 21.1. The van der Waals surface area contributed by atoms with Gasteiger partial charge in [-0.05, 0) is 97.2 Å². The van der Waals surface area contributed by atoms with E-state index in [0.717, 1.165) is 88.1 Å². The summed E-state index contributed by atoms with van der Waals surface area (Å²) in [5.41, 5.74) is 10.6. The molecule has 0 unspecified atom stereocenters. The van der Waals surface area contributed by atoms with Gasteiger partial charge in [-0.1, -0.05) is 76.9 Å². The molecule has 0 atom stereocenters. The molecule has 6 aromatic carbocycles. The number of aliphatic imine (C=N–C) groups is 1. The minimum atomic E-state index is -4.57. The monoisotopic (exact) mass is 2150 g/mol. The van der Waals surface area contributed by atoms with Gasteiger partial charge < -0.3 is 40.1 Å². The van der Waals surface area contributed by atoms with Crippen LogP contribution in [-0.2, 0) is 86.6 Å². The molecule has 0 spiro atoms. The molecule has 0 aliphatic carbocycles. The number of aromatic hydroxyl groups is 1. The summed E-state index contributed by atoms with van der Waals surface area (Å²) in [7, 11) is 1.67. The van der Waals surface area contributed by atoms with Crippen molar-refractivity contribution in [3.8, 4) is 73.6 Å². The van der Waals surface area contributed by atoms with Crippen molar-refractivity contribution in [1.82, 2.24) is 65.0 Å². The quantitative estimate of drug-likeness (QED) is 0.0897. The van der Waals surface area contributed by atoms with E-state index >= 15 is 0 Å². The summed E-state index contributed by atoms with van der Waals surface area (Å²) < 4.78 is 141. The van der Waals surface area contributed by atoms with E-state index in [1.54, 1.807) is 124 Å². The molecule has 30 heteroatoms. The van der Waals surface area contributed by atoms with Gasteiger partial charge in [0.15, 0.2) is 0 Å². The molecule has 7 heterocycles. The number of pyridine rings is 2. The van der Waals surface area contributed by atoms with Crippen LogP contribution in [0.4, 0.5) is 48.3 Å². The molecule has 0 bridgehead atoms. The minimum Gasteiger partial charge on any atom is -0.507 e. The molecule has 0 fully saturated rings. The Morgan fingerprint density at radius 3 is 1.05 bits per heavy atom. The molecule has 0 saturated carbocycles. The zero-order valence-electron chi connectivity index (χ0n) is 56.4. The number of phenols is 1. The maximum absolute atomic E-state index is 13.5. The fourth-order valence-corrected chi connectivity index (χ4v) is 8.65. The van der Waals surface area contributed by atoms with Crippen molar-refractivity contribution in [3.63, 3.8) is 0 Å². The van der Waals surface area contributed by atoms with Crippen LogP contribution in [0, 0.1) is 132 Å². The Balaban J connectivity index is 0.000000317. The number of hydrogen-bond acceptors (Lipinski definition) is 14. The van der Waals surface area contributed by atoms with E-state index in [4.69, 9.17) is 5.11 Å². The average Bonchev–Trinajstić information content (AvgIpc) is 1.84. The number of benzene rings is 6. The first-order valence-corrected chi connectivity index (χ1v) is 29.8. The SMILES string of the molecule is CN=Cc1ccccc1O.Cc1cnc(-c2[c-]cc(F)cc2F)c(C)n1.Cc1cnc(-c2[c-]cc(F)cc2F)c(C)n1.Cc1cnc(-c2[c-]cc(F)cc2F)c(C)n1.Cc1cnc(-c2[c-]cc(F)cc2F)c(C)n1.FC(F)(F)c1n[n-]c(-c2ccccn2)n1.[Ir].[Ir].[Ir].[Ir].[c-]1ccccc1-c1ccccn1. The van der Waals surface area contributed by atoms with Crippen LogP contribution < -0.4 is 5.10 Å². The molecule has 15 nitrogen and oxygen atoms in total. The molecule has 0 aliphatic rings. The van der Waals surface area contributed by atoms with Crippen LogP contribution in [0.15, 0.2) is 176 Å². The summed E-state index contributed by atoms with van der Waals surface area (Å²) >= 11 is 0. The maximum Gasteiger partial charge on any atom is 0.429 e. The average molecular weight is 2150 g/mol. The molecule has 552 valence electrons. The number of halogens is 11. The van der Waals surface area contributed by atoms with Crippen LogP contribution in [0.3, 0.4) is 0 Å². The first-order valence-electron chi connectivity index (χ1n) is 29.8.